The second kappa shape index (κ2) is 8.24. The first kappa shape index (κ1) is 19.3. The lowest BCUT2D eigenvalue weighted by Gasteiger charge is -2.21. The molecule has 0 saturated heterocycles. The zero-order valence-electron chi connectivity index (χ0n) is 13.7. The fourth-order valence-corrected chi connectivity index (χ4v) is 1.93. The summed E-state index contributed by atoms with van der Waals surface area (Å²) in [5.41, 5.74) is 5.35. The second-order valence-corrected chi connectivity index (χ2v) is 6.28. The van der Waals surface area contributed by atoms with Crippen molar-refractivity contribution in [1.82, 2.24) is 5.32 Å². The summed E-state index contributed by atoms with van der Waals surface area (Å²) in [6.07, 6.45) is -2.90. The third kappa shape index (κ3) is 6.52. The van der Waals surface area contributed by atoms with Gasteiger partial charge in [0.1, 0.15) is 17.5 Å². The first-order valence-electron chi connectivity index (χ1n) is 7.45. The first-order chi connectivity index (χ1) is 10.6. The van der Waals surface area contributed by atoms with Crippen molar-refractivity contribution in [3.05, 3.63) is 35.1 Å². The van der Waals surface area contributed by atoms with E-state index in [1.807, 2.05) is 0 Å². The molecule has 0 bridgehead atoms. The predicted octanol–water partition coefficient (Wildman–Crippen LogP) is 1.59. The molecule has 2 unspecified atom stereocenters. The number of aliphatic hydroxyl groups excluding tert-OH is 2. The zero-order chi connectivity index (χ0) is 17.6. The van der Waals surface area contributed by atoms with Gasteiger partial charge in [0.15, 0.2) is 0 Å². The molecular formula is C16H25FN2O4. The number of amides is 1. The van der Waals surface area contributed by atoms with Crippen LogP contribution in [0.1, 0.15) is 44.4 Å². The third-order valence-electron chi connectivity index (χ3n) is 3.11. The minimum absolute atomic E-state index is 0.0601. The van der Waals surface area contributed by atoms with E-state index in [4.69, 9.17) is 10.5 Å². The number of carbonyl (C=O) groups excluding carboxylic acids is 1. The van der Waals surface area contributed by atoms with Gasteiger partial charge in [-0.2, -0.15) is 0 Å². The van der Waals surface area contributed by atoms with Crippen LogP contribution in [0.15, 0.2) is 18.2 Å². The van der Waals surface area contributed by atoms with Crippen molar-refractivity contribution in [3.8, 4) is 0 Å². The monoisotopic (exact) mass is 328 g/mol. The molecule has 5 N–H and O–H groups in total. The standard InChI is InChI=1S/C16H25FN2O4/c1-16(2,3)23-15(22)19-7-6-13(20)14(21)10-4-5-11(9-18)12(17)8-10/h4-5,8,13-14,20-21H,6-7,9,18H2,1-3H3,(H,19,22). The van der Waals surface area contributed by atoms with E-state index >= 15 is 0 Å². The van der Waals surface area contributed by atoms with Gasteiger partial charge in [-0.25, -0.2) is 9.18 Å². The number of nitrogens with two attached hydrogens (primary N) is 1. The van der Waals surface area contributed by atoms with Gasteiger partial charge < -0.3 is 26.0 Å². The summed E-state index contributed by atoms with van der Waals surface area (Å²) in [6, 6.07) is 4.14. The lowest BCUT2D eigenvalue weighted by Crippen LogP contribution is -2.34. The van der Waals surface area contributed by atoms with Gasteiger partial charge in [0.05, 0.1) is 6.10 Å². The maximum Gasteiger partial charge on any atom is 0.407 e. The number of aliphatic hydroxyl groups is 2. The Kier molecular flexibility index (Phi) is 6.93. The van der Waals surface area contributed by atoms with E-state index in [2.05, 4.69) is 5.32 Å². The topological polar surface area (TPSA) is 105 Å². The Balaban J connectivity index is 2.49. The Labute approximate surface area is 135 Å². The molecule has 23 heavy (non-hydrogen) atoms. The average molecular weight is 328 g/mol. The van der Waals surface area contributed by atoms with Crippen LogP contribution in [0, 0.1) is 5.82 Å². The summed E-state index contributed by atoms with van der Waals surface area (Å²) in [4.78, 5) is 11.5. The molecule has 0 radical (unpaired) electrons. The highest BCUT2D eigenvalue weighted by molar-refractivity contribution is 5.67. The van der Waals surface area contributed by atoms with E-state index < -0.39 is 29.7 Å². The van der Waals surface area contributed by atoms with E-state index in [9.17, 15) is 19.4 Å². The molecule has 6 nitrogen and oxygen atoms in total. The van der Waals surface area contributed by atoms with Crippen molar-refractivity contribution >= 4 is 6.09 Å². The molecule has 0 aromatic heterocycles. The van der Waals surface area contributed by atoms with Gasteiger partial charge in [-0.3, -0.25) is 0 Å². The van der Waals surface area contributed by atoms with Gasteiger partial charge in [-0.05, 0) is 38.8 Å². The lowest BCUT2D eigenvalue weighted by atomic mass is 10.0. The van der Waals surface area contributed by atoms with Gasteiger partial charge in [0.2, 0.25) is 0 Å². The summed E-state index contributed by atoms with van der Waals surface area (Å²) in [7, 11) is 0. The minimum atomic E-state index is -1.25. The van der Waals surface area contributed by atoms with Crippen LogP contribution in [0.3, 0.4) is 0 Å². The smallest absolute Gasteiger partial charge is 0.407 e. The number of hydrogen-bond acceptors (Lipinski definition) is 5. The number of carbonyl (C=O) groups is 1. The molecule has 0 saturated carbocycles. The molecule has 0 aliphatic rings. The number of hydrogen-bond donors (Lipinski definition) is 4. The maximum absolute atomic E-state index is 13.6. The van der Waals surface area contributed by atoms with Crippen LogP contribution in [-0.4, -0.2) is 34.6 Å². The Morgan fingerprint density at radius 3 is 2.57 bits per heavy atom. The zero-order valence-corrected chi connectivity index (χ0v) is 13.7. The number of nitrogens with one attached hydrogen (secondary N) is 1. The number of alkyl carbamates (subject to hydrolysis) is 1. The summed E-state index contributed by atoms with van der Waals surface area (Å²) in [5.74, 6) is -0.525. The van der Waals surface area contributed by atoms with Crippen LogP contribution in [0.4, 0.5) is 9.18 Å². The predicted molar refractivity (Wildman–Crippen MR) is 84.1 cm³/mol. The Morgan fingerprint density at radius 2 is 2.04 bits per heavy atom. The van der Waals surface area contributed by atoms with E-state index in [-0.39, 0.29) is 25.1 Å². The molecule has 0 spiro atoms. The van der Waals surface area contributed by atoms with Crippen molar-refractivity contribution in [3.63, 3.8) is 0 Å². The van der Waals surface area contributed by atoms with Crippen LogP contribution in [0.2, 0.25) is 0 Å². The fourth-order valence-electron chi connectivity index (χ4n) is 1.93. The van der Waals surface area contributed by atoms with Gasteiger partial charge >= 0.3 is 6.09 Å². The number of ether oxygens (including phenoxy) is 1. The molecule has 7 heteroatoms. The SMILES string of the molecule is CC(C)(C)OC(=O)NCCC(O)C(O)c1ccc(CN)c(F)c1. The molecule has 1 aromatic carbocycles. The molecule has 1 amide bonds. The van der Waals surface area contributed by atoms with Gasteiger partial charge in [-0.15, -0.1) is 0 Å². The molecule has 0 aliphatic carbocycles. The number of rotatable bonds is 6. The minimum Gasteiger partial charge on any atom is -0.444 e. The van der Waals surface area contributed by atoms with E-state index in [1.54, 1.807) is 20.8 Å². The molecule has 0 fully saturated rings. The summed E-state index contributed by atoms with van der Waals surface area (Å²) in [5, 5.41) is 22.5. The highest BCUT2D eigenvalue weighted by Crippen LogP contribution is 2.21. The quantitative estimate of drug-likeness (QED) is 0.635. The third-order valence-corrected chi connectivity index (χ3v) is 3.11. The molecule has 0 aliphatic heterocycles. The van der Waals surface area contributed by atoms with Crippen LogP contribution >= 0.6 is 0 Å². The van der Waals surface area contributed by atoms with Gasteiger partial charge in [0, 0.05) is 18.7 Å². The summed E-state index contributed by atoms with van der Waals surface area (Å²) >= 11 is 0. The van der Waals surface area contributed by atoms with E-state index in [1.165, 1.54) is 12.1 Å². The summed E-state index contributed by atoms with van der Waals surface area (Å²) < 4.78 is 18.7. The van der Waals surface area contributed by atoms with Crippen molar-refractivity contribution in [2.45, 2.75) is 51.5 Å². The van der Waals surface area contributed by atoms with E-state index in [0.29, 0.717) is 5.56 Å². The Hall–Kier alpha value is -1.70. The molecule has 2 atom stereocenters. The molecule has 1 aromatic rings. The maximum atomic E-state index is 13.6. The molecular weight excluding hydrogens is 303 g/mol. The number of benzene rings is 1. The first-order valence-corrected chi connectivity index (χ1v) is 7.45. The normalized spacial score (nSPS) is 14.2. The Bertz CT molecular complexity index is 531. The van der Waals surface area contributed by atoms with Crippen LogP contribution in [-0.2, 0) is 11.3 Å². The van der Waals surface area contributed by atoms with Gasteiger partial charge in [-0.1, -0.05) is 12.1 Å². The van der Waals surface area contributed by atoms with Gasteiger partial charge in [0.25, 0.3) is 0 Å². The van der Waals surface area contributed by atoms with Crippen molar-refractivity contribution in [2.24, 2.45) is 5.73 Å². The Morgan fingerprint density at radius 1 is 1.39 bits per heavy atom. The van der Waals surface area contributed by atoms with Crippen LogP contribution in [0.5, 0.6) is 0 Å². The fraction of sp³-hybridized carbons (Fsp3) is 0.562. The lowest BCUT2D eigenvalue weighted by molar-refractivity contribution is 0.0121. The van der Waals surface area contributed by atoms with Crippen molar-refractivity contribution in [1.29, 1.82) is 0 Å². The van der Waals surface area contributed by atoms with Crippen LogP contribution < -0.4 is 11.1 Å². The summed E-state index contributed by atoms with van der Waals surface area (Å²) in [6.45, 7) is 5.40. The highest BCUT2D eigenvalue weighted by atomic mass is 19.1. The molecule has 1 rings (SSSR count). The average Bonchev–Trinajstić information content (AvgIpc) is 2.44. The second-order valence-electron chi connectivity index (χ2n) is 6.28. The van der Waals surface area contributed by atoms with Crippen molar-refractivity contribution in [2.75, 3.05) is 6.54 Å². The van der Waals surface area contributed by atoms with E-state index in [0.717, 1.165) is 6.07 Å². The molecule has 0 heterocycles. The largest absolute Gasteiger partial charge is 0.444 e. The van der Waals surface area contributed by atoms with Crippen molar-refractivity contribution < 1.29 is 24.1 Å². The number of halogens is 1. The highest BCUT2D eigenvalue weighted by Gasteiger charge is 2.20. The molecule has 130 valence electrons. The van der Waals surface area contributed by atoms with Crippen LogP contribution in [0.25, 0.3) is 0 Å².